The van der Waals surface area contributed by atoms with Crippen LogP contribution in [-0.2, 0) is 24.0 Å². The zero-order chi connectivity index (χ0) is 32.8. The predicted octanol–water partition coefficient (Wildman–Crippen LogP) is 1.42. The largest absolute Gasteiger partial charge is 0.363 e. The quantitative estimate of drug-likeness (QED) is 0.275. The number of piperidine rings is 1. The number of rotatable bonds is 10. The zero-order valence-electron chi connectivity index (χ0n) is 27.5. The summed E-state index contributed by atoms with van der Waals surface area (Å²) in [4.78, 5) is 80.7. The highest BCUT2D eigenvalue weighted by molar-refractivity contribution is 6.38. The minimum Gasteiger partial charge on any atom is -0.363 e. The summed E-state index contributed by atoms with van der Waals surface area (Å²) in [5.41, 5.74) is 4.04. The number of likely N-dealkylation sites (tertiary alicyclic amines) is 1. The Hall–Kier alpha value is -3.18. The number of nitrogens with zero attached hydrogens (tertiary/aromatic N) is 2. The minimum absolute atomic E-state index is 0.0861. The van der Waals surface area contributed by atoms with Gasteiger partial charge in [-0.2, -0.15) is 0 Å². The molecule has 0 aromatic rings. The van der Waals surface area contributed by atoms with E-state index in [1.54, 1.807) is 7.05 Å². The first kappa shape index (κ1) is 34.3. The summed E-state index contributed by atoms with van der Waals surface area (Å²) in [6.07, 6.45) is 2.31. The van der Waals surface area contributed by atoms with Gasteiger partial charge in [-0.1, -0.05) is 61.8 Å². The molecule has 6 amide bonds. The van der Waals surface area contributed by atoms with Crippen LogP contribution in [0.5, 0.6) is 0 Å². The highest BCUT2D eigenvalue weighted by Gasteiger charge is 2.70. The Balaban J connectivity index is 1.83. The summed E-state index contributed by atoms with van der Waals surface area (Å²) < 4.78 is 0. The molecule has 43 heavy (non-hydrogen) atoms. The molecule has 0 aromatic heterocycles. The van der Waals surface area contributed by atoms with Crippen LogP contribution in [0.4, 0.5) is 4.79 Å². The van der Waals surface area contributed by atoms with Gasteiger partial charge < -0.3 is 31.5 Å². The van der Waals surface area contributed by atoms with Crippen LogP contribution in [0.1, 0.15) is 81.6 Å². The zero-order valence-corrected chi connectivity index (χ0v) is 27.5. The van der Waals surface area contributed by atoms with Gasteiger partial charge in [-0.15, -0.1) is 0 Å². The average Bonchev–Trinajstić information content (AvgIpc) is 3.16. The van der Waals surface area contributed by atoms with Crippen LogP contribution < -0.4 is 21.7 Å². The molecule has 1 heterocycles. The van der Waals surface area contributed by atoms with Gasteiger partial charge in [0.2, 0.25) is 23.5 Å². The molecule has 0 radical (unpaired) electrons. The topological polar surface area (TPSA) is 171 Å². The molecule has 12 heteroatoms. The fourth-order valence-corrected chi connectivity index (χ4v) is 6.46. The van der Waals surface area contributed by atoms with Crippen molar-refractivity contribution >= 4 is 35.4 Å². The maximum Gasteiger partial charge on any atom is 0.315 e. The molecule has 6 atom stereocenters. The standard InChI is InChI=1S/C31H52N6O6/c1-16(38)36(10)15-19(29(2,3)4)33-28(43)35-24(30(5,6)7)27(42)37-14-18-20(31(18,8)9)22(37)26(41)34-21(17-12-11-13-17)23(39)25(32)40/h17-22,24H,11-15H2,1-10H3,(H2,32,40)(H,34,41)(H2,33,35,43)/t18-,19+,20-,21?,22-,24+/m0/s1. The van der Waals surface area contributed by atoms with Gasteiger partial charge in [0.25, 0.3) is 5.91 Å². The van der Waals surface area contributed by atoms with Gasteiger partial charge in [-0.05, 0) is 46.8 Å². The van der Waals surface area contributed by atoms with E-state index < -0.39 is 53.2 Å². The van der Waals surface area contributed by atoms with Gasteiger partial charge in [0.1, 0.15) is 18.1 Å². The first-order valence-corrected chi connectivity index (χ1v) is 15.3. The van der Waals surface area contributed by atoms with Crippen molar-refractivity contribution in [1.82, 2.24) is 25.8 Å². The number of fused-ring (bicyclic) bond motifs is 1. The molecule has 2 aliphatic carbocycles. The monoisotopic (exact) mass is 604 g/mol. The lowest BCUT2D eigenvalue weighted by molar-refractivity contribution is -0.145. The molecule has 0 spiro atoms. The number of Topliss-reactive ketones (excluding diaryl/α,β-unsaturated/α-hetero) is 1. The molecule has 3 aliphatic rings. The van der Waals surface area contributed by atoms with E-state index in [4.69, 9.17) is 5.73 Å². The number of nitrogens with two attached hydrogens (primary N) is 1. The molecule has 12 nitrogen and oxygen atoms in total. The molecule has 1 aliphatic heterocycles. The van der Waals surface area contributed by atoms with Crippen LogP contribution >= 0.6 is 0 Å². The number of likely N-dealkylation sites (N-methyl/N-ethyl adjacent to an activating group) is 1. The molecule has 5 N–H and O–H groups in total. The van der Waals surface area contributed by atoms with Gasteiger partial charge >= 0.3 is 6.03 Å². The molecular weight excluding hydrogens is 552 g/mol. The number of ketones is 1. The van der Waals surface area contributed by atoms with Crippen molar-refractivity contribution in [3.8, 4) is 0 Å². The Morgan fingerprint density at radius 1 is 0.953 bits per heavy atom. The number of primary amides is 1. The van der Waals surface area contributed by atoms with Gasteiger partial charge in [-0.3, -0.25) is 24.0 Å². The summed E-state index contributed by atoms with van der Waals surface area (Å²) in [5, 5.41) is 8.62. The van der Waals surface area contributed by atoms with Gasteiger partial charge in [0.05, 0.1) is 6.04 Å². The minimum atomic E-state index is -1.09. The third-order valence-corrected chi connectivity index (χ3v) is 9.94. The van der Waals surface area contributed by atoms with E-state index in [1.165, 1.54) is 16.7 Å². The second-order valence-corrected chi connectivity index (χ2v) is 15.5. The fraction of sp³-hybridized carbons (Fsp3) is 0.806. The summed E-state index contributed by atoms with van der Waals surface area (Å²) in [5.74, 6) is -3.11. The van der Waals surface area contributed by atoms with Crippen LogP contribution in [-0.4, -0.2) is 89.5 Å². The number of hydrogen-bond acceptors (Lipinski definition) is 6. The highest BCUT2D eigenvalue weighted by atomic mass is 16.2. The lowest BCUT2D eigenvalue weighted by atomic mass is 9.78. The van der Waals surface area contributed by atoms with Crippen molar-refractivity contribution in [2.24, 2.45) is 39.7 Å². The van der Waals surface area contributed by atoms with Crippen molar-refractivity contribution < 1.29 is 28.8 Å². The Bertz CT molecular complexity index is 1150. The molecule has 3 rings (SSSR count). The Morgan fingerprint density at radius 3 is 1.98 bits per heavy atom. The second-order valence-electron chi connectivity index (χ2n) is 15.5. The molecule has 2 saturated carbocycles. The van der Waals surface area contributed by atoms with E-state index in [0.717, 1.165) is 6.42 Å². The van der Waals surface area contributed by atoms with Crippen LogP contribution in [0.2, 0.25) is 0 Å². The maximum atomic E-state index is 14.2. The number of carbonyl (C=O) groups is 6. The fourth-order valence-electron chi connectivity index (χ4n) is 6.46. The molecule has 0 bridgehead atoms. The van der Waals surface area contributed by atoms with Crippen LogP contribution in [0.25, 0.3) is 0 Å². The lowest BCUT2D eigenvalue weighted by Crippen LogP contribution is -2.63. The summed E-state index contributed by atoms with van der Waals surface area (Å²) in [6, 6.07) is -3.78. The number of nitrogens with one attached hydrogen (secondary N) is 3. The van der Waals surface area contributed by atoms with Crippen molar-refractivity contribution in [2.75, 3.05) is 20.1 Å². The maximum absolute atomic E-state index is 14.2. The average molecular weight is 605 g/mol. The smallest absolute Gasteiger partial charge is 0.315 e. The molecule has 1 unspecified atom stereocenters. The van der Waals surface area contributed by atoms with Gasteiger partial charge in [0, 0.05) is 27.1 Å². The van der Waals surface area contributed by atoms with E-state index in [9.17, 15) is 28.8 Å². The predicted molar refractivity (Wildman–Crippen MR) is 161 cm³/mol. The lowest BCUT2D eigenvalue weighted by Gasteiger charge is -2.39. The normalized spacial score (nSPS) is 24.9. The Kier molecular flexibility index (Phi) is 9.63. The third kappa shape index (κ3) is 7.32. The molecule has 0 aromatic carbocycles. The van der Waals surface area contributed by atoms with Crippen LogP contribution in [0, 0.1) is 34.0 Å². The summed E-state index contributed by atoms with van der Waals surface area (Å²) >= 11 is 0. The first-order chi connectivity index (χ1) is 19.6. The van der Waals surface area contributed by atoms with Crippen LogP contribution in [0.15, 0.2) is 0 Å². The van der Waals surface area contributed by atoms with Crippen molar-refractivity contribution in [3.63, 3.8) is 0 Å². The molecule has 242 valence electrons. The van der Waals surface area contributed by atoms with Crippen LogP contribution in [0.3, 0.4) is 0 Å². The third-order valence-electron chi connectivity index (χ3n) is 9.94. The molecule has 1 saturated heterocycles. The van der Waals surface area contributed by atoms with E-state index in [0.29, 0.717) is 25.9 Å². The van der Waals surface area contributed by atoms with Crippen molar-refractivity contribution in [1.29, 1.82) is 0 Å². The van der Waals surface area contributed by atoms with Gasteiger partial charge in [-0.25, -0.2) is 4.79 Å². The van der Waals surface area contributed by atoms with Gasteiger partial charge in [0.15, 0.2) is 0 Å². The van der Waals surface area contributed by atoms with E-state index >= 15 is 0 Å². The van der Waals surface area contributed by atoms with E-state index in [2.05, 4.69) is 29.8 Å². The highest BCUT2D eigenvalue weighted by Crippen LogP contribution is 2.65. The van der Waals surface area contributed by atoms with Crippen molar-refractivity contribution in [2.45, 2.75) is 106 Å². The number of urea groups is 1. The SMILES string of the molecule is CC(=O)N(C)C[C@@H](NC(=O)N[C@H](C(=O)N1C[C@H]2[C@@H]([C@H]1C(=O)NC(C(=O)C(N)=O)C1CCC1)C2(C)C)C(C)(C)C)C(C)(C)C. The number of carbonyl (C=O) groups excluding carboxylic acids is 6. The first-order valence-electron chi connectivity index (χ1n) is 15.3. The summed E-state index contributed by atoms with van der Waals surface area (Å²) in [6.45, 7) is 17.6. The van der Waals surface area contributed by atoms with E-state index in [1.807, 2.05) is 41.5 Å². The number of hydrogen-bond donors (Lipinski definition) is 4. The Labute approximate surface area is 255 Å². The van der Waals surface area contributed by atoms with Crippen molar-refractivity contribution in [3.05, 3.63) is 0 Å². The number of amides is 6. The molecule has 3 fully saturated rings. The second kappa shape index (κ2) is 12.1. The Morgan fingerprint density at radius 2 is 1.53 bits per heavy atom. The van der Waals surface area contributed by atoms with E-state index in [-0.39, 0.29) is 40.4 Å². The molecular formula is C31H52N6O6. The summed E-state index contributed by atoms with van der Waals surface area (Å²) in [7, 11) is 1.67.